The van der Waals surface area contributed by atoms with Crippen molar-refractivity contribution >= 4 is 17.1 Å². The standard InChI is InChI=1S/C23H24FN7.C2H6.3H2/c1-3-18(23-28-12-13-29-23)22(19-6-4-5-7-20(19)24)31-16(2)26-10-11-27-21-9-8-17(14-25)15-30-21;1-2;;;/h3-9,12-13,15-16,26H,10-11H2,1-2H3,(H,27,30)(H,28,29);1-2H3;3*1H/b18-3+,31-22+;;;;. The van der Waals surface area contributed by atoms with Crippen molar-refractivity contribution in [1.82, 2.24) is 20.3 Å². The quantitative estimate of drug-likeness (QED) is 0.292. The number of rotatable bonds is 9. The van der Waals surface area contributed by atoms with Crippen LogP contribution in [-0.2, 0) is 0 Å². The zero-order chi connectivity index (χ0) is 24.1. The lowest BCUT2D eigenvalue weighted by Crippen LogP contribution is -2.30. The maximum Gasteiger partial charge on any atom is 0.139 e. The number of aromatic nitrogens is 3. The largest absolute Gasteiger partial charge is 0.369 e. The van der Waals surface area contributed by atoms with E-state index >= 15 is 0 Å². The van der Waals surface area contributed by atoms with Crippen LogP contribution in [-0.4, -0.2) is 39.9 Å². The van der Waals surface area contributed by atoms with Crippen molar-refractivity contribution in [2.75, 3.05) is 18.4 Å². The highest BCUT2D eigenvalue weighted by atomic mass is 19.1. The second-order valence-electron chi connectivity index (χ2n) is 6.70. The van der Waals surface area contributed by atoms with Gasteiger partial charge in [0.1, 0.15) is 23.5 Å². The molecule has 0 spiro atoms. The molecule has 0 aliphatic carbocycles. The number of nitriles is 1. The van der Waals surface area contributed by atoms with Gasteiger partial charge in [0, 0.05) is 47.1 Å². The molecular weight excluding hydrogens is 417 g/mol. The maximum atomic E-state index is 14.6. The lowest BCUT2D eigenvalue weighted by Gasteiger charge is -2.16. The van der Waals surface area contributed by atoms with Crippen molar-refractivity contribution in [1.29, 1.82) is 5.26 Å². The van der Waals surface area contributed by atoms with E-state index in [0.29, 0.717) is 41.6 Å². The van der Waals surface area contributed by atoms with Gasteiger partial charge in [0.15, 0.2) is 0 Å². The van der Waals surface area contributed by atoms with E-state index in [1.807, 2.05) is 39.8 Å². The highest BCUT2D eigenvalue weighted by Crippen LogP contribution is 2.20. The summed E-state index contributed by atoms with van der Waals surface area (Å²) in [6, 6.07) is 12.1. The molecule has 7 nitrogen and oxygen atoms in total. The number of allylic oxidation sites excluding steroid dienone is 2. The molecule has 0 fully saturated rings. The number of pyridine rings is 1. The zero-order valence-corrected chi connectivity index (χ0v) is 19.4. The molecule has 1 unspecified atom stereocenters. The molecule has 0 saturated carbocycles. The van der Waals surface area contributed by atoms with E-state index in [0.717, 1.165) is 5.57 Å². The molecule has 2 aromatic heterocycles. The number of nitrogens with zero attached hydrogens (tertiary/aromatic N) is 4. The number of aromatic amines is 1. The third kappa shape index (κ3) is 7.37. The van der Waals surface area contributed by atoms with Gasteiger partial charge in [-0.2, -0.15) is 5.26 Å². The van der Waals surface area contributed by atoms with Crippen LogP contribution in [0.5, 0.6) is 0 Å². The smallest absolute Gasteiger partial charge is 0.139 e. The lowest BCUT2D eigenvalue weighted by atomic mass is 10.0. The zero-order valence-electron chi connectivity index (χ0n) is 19.4. The van der Waals surface area contributed by atoms with Crippen LogP contribution in [0.15, 0.2) is 66.1 Å². The van der Waals surface area contributed by atoms with Crippen molar-refractivity contribution in [3.63, 3.8) is 0 Å². The molecule has 1 aromatic carbocycles. The van der Waals surface area contributed by atoms with Crippen LogP contribution in [0, 0.1) is 17.1 Å². The second kappa shape index (κ2) is 13.6. The van der Waals surface area contributed by atoms with Crippen molar-refractivity contribution in [2.24, 2.45) is 4.99 Å². The Kier molecular flexibility index (Phi) is 10.4. The van der Waals surface area contributed by atoms with Crippen LogP contribution < -0.4 is 10.6 Å². The van der Waals surface area contributed by atoms with Crippen LogP contribution in [0.3, 0.4) is 0 Å². The van der Waals surface area contributed by atoms with Gasteiger partial charge in [-0.15, -0.1) is 0 Å². The first-order valence-electron chi connectivity index (χ1n) is 10.9. The summed E-state index contributed by atoms with van der Waals surface area (Å²) in [5, 5.41) is 15.3. The van der Waals surface area contributed by atoms with Gasteiger partial charge in [-0.05, 0) is 38.1 Å². The molecule has 1 atom stereocenters. The molecule has 3 N–H and O–H groups in total. The van der Waals surface area contributed by atoms with Gasteiger partial charge in [0.05, 0.1) is 17.4 Å². The molecular formula is C25H36FN7. The van der Waals surface area contributed by atoms with Gasteiger partial charge in [-0.1, -0.05) is 32.1 Å². The van der Waals surface area contributed by atoms with E-state index in [1.165, 1.54) is 12.3 Å². The number of halogens is 1. The Hall–Kier alpha value is -3.83. The number of hydrogen-bond acceptors (Lipinski definition) is 6. The van der Waals surface area contributed by atoms with Crippen LogP contribution in [0.1, 0.15) is 48.9 Å². The molecule has 8 heteroatoms. The predicted octanol–water partition coefficient (Wildman–Crippen LogP) is 5.52. The summed E-state index contributed by atoms with van der Waals surface area (Å²) in [6.07, 6.45) is 6.51. The van der Waals surface area contributed by atoms with Gasteiger partial charge in [0.25, 0.3) is 0 Å². The summed E-state index contributed by atoms with van der Waals surface area (Å²) < 4.78 is 14.6. The number of aliphatic imine (C=N–C) groups is 1. The van der Waals surface area contributed by atoms with E-state index in [-0.39, 0.29) is 16.3 Å². The minimum Gasteiger partial charge on any atom is -0.369 e. The van der Waals surface area contributed by atoms with Crippen molar-refractivity contribution in [2.45, 2.75) is 33.9 Å². The fourth-order valence-electron chi connectivity index (χ4n) is 3.01. The van der Waals surface area contributed by atoms with Crippen LogP contribution in [0.2, 0.25) is 0 Å². The number of H-pyrrole nitrogens is 1. The number of nitrogens with one attached hydrogen (secondary N) is 3. The van der Waals surface area contributed by atoms with Crippen molar-refractivity contribution < 1.29 is 8.67 Å². The SMILES string of the molecule is C/C=C(\C(=N/C(C)NCCNc1ccc(C#N)cn1)c1ccccc1F)c1ncc[nH]1.CC.[HH].[HH].[HH]. The number of hydrogen-bond donors (Lipinski definition) is 3. The van der Waals surface area contributed by atoms with E-state index in [4.69, 9.17) is 10.3 Å². The molecule has 178 valence electrons. The average Bonchev–Trinajstić information content (AvgIpc) is 3.38. The number of imidazole rings is 1. The summed E-state index contributed by atoms with van der Waals surface area (Å²) in [5.41, 5.74) is 2.19. The van der Waals surface area contributed by atoms with E-state index in [2.05, 4.69) is 25.6 Å². The summed E-state index contributed by atoms with van der Waals surface area (Å²) >= 11 is 0. The molecule has 0 bridgehead atoms. The first-order valence-corrected chi connectivity index (χ1v) is 10.9. The molecule has 0 aliphatic rings. The lowest BCUT2D eigenvalue weighted by molar-refractivity contribution is 0.581. The van der Waals surface area contributed by atoms with Crippen LogP contribution in [0.4, 0.5) is 10.2 Å². The Labute approximate surface area is 199 Å². The molecule has 3 aromatic rings. The summed E-state index contributed by atoms with van der Waals surface area (Å²) in [6.45, 7) is 9.02. The predicted molar refractivity (Wildman–Crippen MR) is 138 cm³/mol. The number of anilines is 1. The van der Waals surface area contributed by atoms with Crippen LogP contribution in [0.25, 0.3) is 5.57 Å². The Balaban J connectivity index is 0. The first-order chi connectivity index (χ1) is 16.1. The van der Waals surface area contributed by atoms with E-state index in [1.54, 1.807) is 42.7 Å². The van der Waals surface area contributed by atoms with Gasteiger partial charge in [0.2, 0.25) is 0 Å². The molecule has 2 heterocycles. The Bertz CT molecular complexity index is 1100. The third-order valence-electron chi connectivity index (χ3n) is 4.51. The Morgan fingerprint density at radius 3 is 2.64 bits per heavy atom. The Morgan fingerprint density at radius 1 is 1.24 bits per heavy atom. The topological polar surface area (TPSA) is 102 Å². The van der Waals surface area contributed by atoms with Crippen molar-refractivity contribution in [3.8, 4) is 6.07 Å². The third-order valence-corrected chi connectivity index (χ3v) is 4.51. The van der Waals surface area contributed by atoms with Crippen molar-refractivity contribution in [3.05, 3.63) is 83.8 Å². The van der Waals surface area contributed by atoms with E-state index in [9.17, 15) is 4.39 Å². The Morgan fingerprint density at radius 2 is 2.03 bits per heavy atom. The monoisotopic (exact) mass is 453 g/mol. The van der Waals surface area contributed by atoms with E-state index < -0.39 is 0 Å². The van der Waals surface area contributed by atoms with Crippen LogP contribution >= 0.6 is 0 Å². The van der Waals surface area contributed by atoms with Gasteiger partial charge >= 0.3 is 0 Å². The minimum absolute atomic E-state index is 0. The first kappa shape index (κ1) is 25.4. The summed E-state index contributed by atoms with van der Waals surface area (Å²) in [7, 11) is 0. The minimum atomic E-state index is -0.340. The normalized spacial score (nSPS) is 12.4. The molecule has 33 heavy (non-hydrogen) atoms. The molecule has 0 aliphatic heterocycles. The fraction of sp³-hybridized carbons (Fsp3) is 0.280. The summed E-state index contributed by atoms with van der Waals surface area (Å²) in [5.74, 6) is 0.983. The molecule has 0 amide bonds. The fourth-order valence-corrected chi connectivity index (χ4v) is 3.01. The average molecular weight is 454 g/mol. The van der Waals surface area contributed by atoms with Gasteiger partial charge in [-0.25, -0.2) is 14.4 Å². The highest BCUT2D eigenvalue weighted by molar-refractivity contribution is 6.31. The number of benzene rings is 1. The van der Waals surface area contributed by atoms with Gasteiger partial charge in [-0.3, -0.25) is 10.3 Å². The van der Waals surface area contributed by atoms with Gasteiger partial charge < -0.3 is 10.3 Å². The summed E-state index contributed by atoms with van der Waals surface area (Å²) in [4.78, 5) is 16.3. The second-order valence-corrected chi connectivity index (χ2v) is 6.70. The maximum absolute atomic E-state index is 14.6. The molecule has 0 radical (unpaired) electrons. The molecule has 0 saturated heterocycles. The molecule has 3 rings (SSSR count). The highest BCUT2D eigenvalue weighted by Gasteiger charge is 2.18.